The van der Waals surface area contributed by atoms with Gasteiger partial charge in [-0.05, 0) is 43.9 Å². The van der Waals surface area contributed by atoms with Crippen LogP contribution in [0.4, 0.5) is 11.4 Å². The molecule has 0 spiro atoms. The van der Waals surface area contributed by atoms with Crippen LogP contribution in [-0.2, 0) is 4.74 Å². The van der Waals surface area contributed by atoms with E-state index >= 15 is 0 Å². The van der Waals surface area contributed by atoms with Gasteiger partial charge in [0.2, 0.25) is 0 Å². The predicted octanol–water partition coefficient (Wildman–Crippen LogP) is 1.80. The van der Waals surface area contributed by atoms with Gasteiger partial charge in [-0.15, -0.1) is 0 Å². The average Bonchev–Trinajstić information content (AvgIpc) is 2.41. The van der Waals surface area contributed by atoms with Crippen LogP contribution in [0.3, 0.4) is 0 Å². The highest BCUT2D eigenvalue weighted by Gasteiger charge is 2.26. The van der Waals surface area contributed by atoms with Crippen LogP contribution < -0.4 is 10.6 Å². The number of anilines is 2. The Morgan fingerprint density at radius 3 is 2.80 bits per heavy atom. The van der Waals surface area contributed by atoms with Gasteiger partial charge >= 0.3 is 5.97 Å². The molecule has 0 aliphatic heterocycles. The third-order valence-electron chi connectivity index (χ3n) is 3.83. The molecule has 5 nitrogen and oxygen atoms in total. The largest absolute Gasteiger partial charge is 0.465 e. The maximum absolute atomic E-state index is 11.6. The van der Waals surface area contributed by atoms with Gasteiger partial charge in [-0.1, -0.05) is 0 Å². The lowest BCUT2D eigenvalue weighted by molar-refractivity contribution is 0.0601. The van der Waals surface area contributed by atoms with Gasteiger partial charge in [-0.3, -0.25) is 0 Å². The monoisotopic (exact) mass is 278 g/mol. The van der Waals surface area contributed by atoms with E-state index in [-0.39, 0.29) is 12.6 Å². The van der Waals surface area contributed by atoms with Crippen LogP contribution in [-0.4, -0.2) is 37.4 Å². The first kappa shape index (κ1) is 14.7. The topological polar surface area (TPSA) is 75.8 Å². The highest BCUT2D eigenvalue weighted by Crippen LogP contribution is 2.33. The molecule has 0 unspecified atom stereocenters. The number of benzene rings is 1. The molecule has 0 saturated heterocycles. The zero-order chi connectivity index (χ0) is 14.5. The number of methoxy groups -OCH3 is 1. The zero-order valence-electron chi connectivity index (χ0n) is 11.8. The van der Waals surface area contributed by atoms with Gasteiger partial charge in [0, 0.05) is 19.2 Å². The van der Waals surface area contributed by atoms with Gasteiger partial charge < -0.3 is 20.5 Å². The number of ether oxygens (including phenoxy) is 1. The normalized spacial score (nSPS) is 14.7. The van der Waals surface area contributed by atoms with Crippen LogP contribution in [0.5, 0.6) is 0 Å². The molecule has 20 heavy (non-hydrogen) atoms. The van der Waals surface area contributed by atoms with Crippen molar-refractivity contribution >= 4 is 17.3 Å². The van der Waals surface area contributed by atoms with Crippen LogP contribution in [0, 0.1) is 0 Å². The number of nitrogen functional groups attached to an aromatic ring is 1. The minimum absolute atomic E-state index is 0.153. The van der Waals surface area contributed by atoms with Crippen molar-refractivity contribution in [2.45, 2.75) is 31.7 Å². The summed E-state index contributed by atoms with van der Waals surface area (Å²) in [6.45, 7) is 0.899. The molecule has 1 fully saturated rings. The van der Waals surface area contributed by atoms with Gasteiger partial charge in [0.1, 0.15) is 0 Å². The van der Waals surface area contributed by atoms with Crippen molar-refractivity contribution in [3.63, 3.8) is 0 Å². The number of carbonyl (C=O) groups excluding carboxylic acids is 1. The lowest BCUT2D eigenvalue weighted by atomic mass is 9.90. The summed E-state index contributed by atoms with van der Waals surface area (Å²) in [5.74, 6) is -0.359. The number of hydrogen-bond donors (Lipinski definition) is 2. The lowest BCUT2D eigenvalue weighted by Crippen LogP contribution is -2.41. The molecule has 3 N–H and O–H groups in total. The van der Waals surface area contributed by atoms with E-state index in [1.807, 2.05) is 0 Å². The molecule has 5 heteroatoms. The average molecular weight is 278 g/mol. The van der Waals surface area contributed by atoms with Crippen molar-refractivity contribution in [2.24, 2.45) is 0 Å². The number of aliphatic hydroxyl groups excluding tert-OH is 1. The Hall–Kier alpha value is -1.75. The van der Waals surface area contributed by atoms with E-state index in [0.29, 0.717) is 23.7 Å². The Morgan fingerprint density at radius 2 is 2.25 bits per heavy atom. The first-order valence-corrected chi connectivity index (χ1v) is 7.02. The van der Waals surface area contributed by atoms with Gasteiger partial charge in [0.15, 0.2) is 0 Å². The van der Waals surface area contributed by atoms with Crippen LogP contribution in [0.25, 0.3) is 0 Å². The van der Waals surface area contributed by atoms with Crippen molar-refractivity contribution in [1.82, 2.24) is 0 Å². The summed E-state index contributed by atoms with van der Waals surface area (Å²) in [6.07, 6.45) is 4.18. The molecule has 0 bridgehead atoms. The van der Waals surface area contributed by atoms with Crippen molar-refractivity contribution in [2.75, 3.05) is 30.9 Å². The number of carbonyl (C=O) groups is 1. The lowest BCUT2D eigenvalue weighted by Gasteiger charge is -2.40. The summed E-state index contributed by atoms with van der Waals surface area (Å²) in [5.41, 5.74) is 8.09. The van der Waals surface area contributed by atoms with Crippen molar-refractivity contribution in [3.8, 4) is 0 Å². The molecule has 1 aromatic rings. The summed E-state index contributed by atoms with van der Waals surface area (Å²) >= 11 is 0. The van der Waals surface area contributed by atoms with E-state index in [9.17, 15) is 4.79 Å². The van der Waals surface area contributed by atoms with Crippen LogP contribution >= 0.6 is 0 Å². The molecule has 0 atom stereocenters. The highest BCUT2D eigenvalue weighted by molar-refractivity contribution is 5.92. The number of nitrogens with two attached hydrogens (primary N) is 1. The fourth-order valence-corrected chi connectivity index (χ4v) is 2.48. The molecule has 1 aliphatic carbocycles. The number of nitrogens with zero attached hydrogens (tertiary/aromatic N) is 1. The van der Waals surface area contributed by atoms with E-state index in [2.05, 4.69) is 4.90 Å². The van der Waals surface area contributed by atoms with E-state index in [4.69, 9.17) is 15.6 Å². The Labute approximate surface area is 119 Å². The quantitative estimate of drug-likeness (QED) is 0.613. The van der Waals surface area contributed by atoms with E-state index in [0.717, 1.165) is 25.1 Å². The second kappa shape index (κ2) is 6.61. The number of aliphatic hydroxyl groups is 1. The second-order valence-electron chi connectivity index (χ2n) is 5.12. The molecule has 0 aromatic heterocycles. The molecule has 110 valence electrons. The summed E-state index contributed by atoms with van der Waals surface area (Å²) in [4.78, 5) is 13.9. The molecule has 0 radical (unpaired) electrons. The highest BCUT2D eigenvalue weighted by atomic mass is 16.5. The van der Waals surface area contributed by atoms with Crippen molar-refractivity contribution < 1.29 is 14.6 Å². The smallest absolute Gasteiger partial charge is 0.337 e. The molecule has 2 rings (SSSR count). The van der Waals surface area contributed by atoms with Crippen molar-refractivity contribution in [1.29, 1.82) is 0 Å². The Kier molecular flexibility index (Phi) is 4.84. The fourth-order valence-electron chi connectivity index (χ4n) is 2.48. The van der Waals surface area contributed by atoms with Gasteiger partial charge in [-0.2, -0.15) is 0 Å². The molecule has 1 aliphatic rings. The van der Waals surface area contributed by atoms with Crippen LogP contribution in [0.2, 0.25) is 0 Å². The Balaban J connectivity index is 2.28. The Morgan fingerprint density at radius 1 is 1.50 bits per heavy atom. The summed E-state index contributed by atoms with van der Waals surface area (Å²) in [5, 5.41) is 9.05. The standard InChI is InChI=1S/C15H22N2O3/c1-20-15(19)11-6-7-13(16)14(10-11)17(8-3-9-18)12-4-2-5-12/h6-7,10,12,18H,2-5,8-9,16H2,1H3. The molecular formula is C15H22N2O3. The Bertz CT molecular complexity index is 472. The third kappa shape index (κ3) is 3.04. The first-order chi connectivity index (χ1) is 9.67. The number of rotatable bonds is 6. The third-order valence-corrected chi connectivity index (χ3v) is 3.83. The first-order valence-electron chi connectivity index (χ1n) is 7.02. The second-order valence-corrected chi connectivity index (χ2v) is 5.12. The van der Waals surface area contributed by atoms with Gasteiger partial charge in [-0.25, -0.2) is 4.79 Å². The van der Waals surface area contributed by atoms with Crippen LogP contribution in [0.15, 0.2) is 18.2 Å². The molecule has 1 aromatic carbocycles. The summed E-state index contributed by atoms with van der Waals surface area (Å²) in [7, 11) is 1.37. The van der Waals surface area contributed by atoms with Gasteiger partial charge in [0.25, 0.3) is 0 Å². The minimum atomic E-state index is -0.359. The fraction of sp³-hybridized carbons (Fsp3) is 0.533. The maximum Gasteiger partial charge on any atom is 0.337 e. The molecular weight excluding hydrogens is 256 g/mol. The minimum Gasteiger partial charge on any atom is -0.465 e. The van der Waals surface area contributed by atoms with E-state index in [1.165, 1.54) is 13.5 Å². The molecule has 1 saturated carbocycles. The maximum atomic E-state index is 11.6. The van der Waals surface area contributed by atoms with Crippen LogP contribution in [0.1, 0.15) is 36.0 Å². The van der Waals surface area contributed by atoms with Crippen molar-refractivity contribution in [3.05, 3.63) is 23.8 Å². The van der Waals surface area contributed by atoms with E-state index in [1.54, 1.807) is 18.2 Å². The summed E-state index contributed by atoms with van der Waals surface area (Å²) in [6, 6.07) is 5.66. The predicted molar refractivity (Wildman–Crippen MR) is 78.9 cm³/mol. The SMILES string of the molecule is COC(=O)c1ccc(N)c(N(CCCO)C2CCC2)c1. The number of esters is 1. The van der Waals surface area contributed by atoms with E-state index < -0.39 is 0 Å². The summed E-state index contributed by atoms with van der Waals surface area (Å²) < 4.78 is 4.75. The number of hydrogen-bond acceptors (Lipinski definition) is 5. The molecule has 0 heterocycles. The molecule has 0 amide bonds. The zero-order valence-corrected chi connectivity index (χ0v) is 11.8. The van der Waals surface area contributed by atoms with Gasteiger partial charge in [0.05, 0.1) is 24.0 Å².